The van der Waals surface area contributed by atoms with Gasteiger partial charge in [-0.15, -0.1) is 0 Å². The third-order valence-corrected chi connectivity index (χ3v) is 5.77. The minimum atomic E-state index is -2.82. The van der Waals surface area contributed by atoms with Gasteiger partial charge < -0.3 is 9.88 Å². The molecule has 0 radical (unpaired) electrons. The number of nitrogens with two attached hydrogens (primary N) is 1. The maximum Gasteiger partial charge on any atom is 0.324 e. The topological polar surface area (TPSA) is 117 Å². The van der Waals surface area contributed by atoms with Crippen LogP contribution in [0.25, 0.3) is 0 Å². The zero-order chi connectivity index (χ0) is 17.6. The van der Waals surface area contributed by atoms with Gasteiger partial charge >= 0.3 is 6.03 Å². The largest absolute Gasteiger partial charge is 0.324 e. The maximum atomic E-state index is 12.8. The van der Waals surface area contributed by atoms with Crippen molar-refractivity contribution in [1.29, 1.82) is 0 Å². The van der Waals surface area contributed by atoms with Crippen LogP contribution in [0.15, 0.2) is 30.3 Å². The lowest BCUT2D eigenvalue weighted by atomic mass is 10.1. The number of nitrogens with zero attached hydrogens (tertiary/aromatic N) is 1. The molecule has 0 spiro atoms. The number of hydrazine groups is 1. The molecule has 1 aliphatic heterocycles. The lowest BCUT2D eigenvalue weighted by Gasteiger charge is -2.39. The number of para-hydroxylation sites is 1. The van der Waals surface area contributed by atoms with Crippen LogP contribution in [-0.2, 0) is 9.36 Å². The Morgan fingerprint density at radius 2 is 2.08 bits per heavy atom. The highest BCUT2D eigenvalue weighted by molar-refractivity contribution is 7.46. The zero-order valence-electron chi connectivity index (χ0n) is 13.7. The van der Waals surface area contributed by atoms with Crippen molar-refractivity contribution in [3.8, 4) is 0 Å². The third kappa shape index (κ3) is 4.14. The summed E-state index contributed by atoms with van der Waals surface area (Å²) in [5.74, 6) is 5.27. The predicted octanol–water partition coefficient (Wildman–Crippen LogP) is 1.47. The molecule has 2 atom stereocenters. The SMILES string of the molecule is CCCN[C@]1([PH](=O)NC(=O)Nc2ccccc2)CCCN(N)C1=O. The van der Waals surface area contributed by atoms with E-state index in [2.05, 4.69) is 15.7 Å². The van der Waals surface area contributed by atoms with E-state index in [0.29, 0.717) is 31.6 Å². The quantitative estimate of drug-likeness (QED) is 0.351. The molecule has 9 heteroatoms. The molecule has 2 rings (SSSR count). The van der Waals surface area contributed by atoms with Crippen molar-refractivity contribution < 1.29 is 14.2 Å². The number of benzene rings is 1. The van der Waals surface area contributed by atoms with Gasteiger partial charge in [0.15, 0.2) is 13.2 Å². The summed E-state index contributed by atoms with van der Waals surface area (Å²) >= 11 is 0. The molecule has 1 fully saturated rings. The van der Waals surface area contributed by atoms with E-state index in [0.717, 1.165) is 11.4 Å². The van der Waals surface area contributed by atoms with Crippen LogP contribution < -0.4 is 21.6 Å². The number of carbonyl (C=O) groups is 2. The molecular weight excluding hydrogens is 329 g/mol. The maximum absolute atomic E-state index is 12.8. The fraction of sp³-hybridized carbons (Fsp3) is 0.467. The summed E-state index contributed by atoms with van der Waals surface area (Å²) in [4.78, 5) is 24.6. The molecule has 5 N–H and O–H groups in total. The van der Waals surface area contributed by atoms with E-state index in [1.54, 1.807) is 24.3 Å². The summed E-state index contributed by atoms with van der Waals surface area (Å²) in [6.45, 7) is 2.87. The van der Waals surface area contributed by atoms with Crippen molar-refractivity contribution in [1.82, 2.24) is 15.4 Å². The first-order valence-electron chi connectivity index (χ1n) is 7.99. The Kier molecular flexibility index (Phi) is 6.36. The molecular formula is C15H24N5O3P. The van der Waals surface area contributed by atoms with E-state index in [1.165, 1.54) is 0 Å². The number of hydrogen-bond donors (Lipinski definition) is 4. The lowest BCUT2D eigenvalue weighted by molar-refractivity contribution is -0.138. The second-order valence-corrected chi connectivity index (χ2v) is 7.47. The van der Waals surface area contributed by atoms with Crippen molar-refractivity contribution in [3.05, 3.63) is 30.3 Å². The Balaban J connectivity index is 2.10. The fourth-order valence-electron chi connectivity index (χ4n) is 2.66. The van der Waals surface area contributed by atoms with Gasteiger partial charge in [0, 0.05) is 12.2 Å². The first kappa shape index (κ1) is 18.4. The molecule has 1 saturated heterocycles. The fourth-order valence-corrected chi connectivity index (χ4v) is 4.16. The summed E-state index contributed by atoms with van der Waals surface area (Å²) in [6.07, 6.45) is 1.77. The molecule has 1 heterocycles. The second-order valence-electron chi connectivity index (χ2n) is 5.71. The molecule has 0 aromatic heterocycles. The van der Waals surface area contributed by atoms with E-state index in [9.17, 15) is 14.2 Å². The van der Waals surface area contributed by atoms with Crippen molar-refractivity contribution in [2.75, 3.05) is 18.4 Å². The van der Waals surface area contributed by atoms with Crippen LogP contribution in [0.1, 0.15) is 26.2 Å². The molecule has 1 aromatic carbocycles. The van der Waals surface area contributed by atoms with Gasteiger partial charge in [-0.2, -0.15) is 0 Å². The first-order valence-corrected chi connectivity index (χ1v) is 9.39. The van der Waals surface area contributed by atoms with Crippen LogP contribution in [0, 0.1) is 0 Å². The number of nitrogens with one attached hydrogen (secondary N) is 3. The number of rotatable bonds is 6. The van der Waals surface area contributed by atoms with Gasteiger partial charge in [0.1, 0.15) is 0 Å². The van der Waals surface area contributed by atoms with Gasteiger partial charge in [-0.1, -0.05) is 25.1 Å². The summed E-state index contributed by atoms with van der Waals surface area (Å²) in [7, 11) is -2.82. The highest BCUT2D eigenvalue weighted by atomic mass is 31.1. The van der Waals surface area contributed by atoms with Crippen LogP contribution in [-0.4, -0.2) is 35.3 Å². The molecule has 0 aliphatic carbocycles. The van der Waals surface area contributed by atoms with Crippen molar-refractivity contribution in [2.45, 2.75) is 31.5 Å². The molecule has 24 heavy (non-hydrogen) atoms. The van der Waals surface area contributed by atoms with Gasteiger partial charge in [0.2, 0.25) is 0 Å². The van der Waals surface area contributed by atoms with E-state index < -0.39 is 25.2 Å². The third-order valence-electron chi connectivity index (χ3n) is 3.90. The van der Waals surface area contributed by atoms with Gasteiger partial charge in [-0.3, -0.25) is 20.2 Å². The number of hydrogen-bond acceptors (Lipinski definition) is 5. The van der Waals surface area contributed by atoms with Crippen LogP contribution in [0.5, 0.6) is 0 Å². The minimum absolute atomic E-state index is 0.378. The van der Waals surface area contributed by atoms with Crippen molar-refractivity contribution in [3.63, 3.8) is 0 Å². The lowest BCUT2D eigenvalue weighted by Crippen LogP contribution is -2.62. The van der Waals surface area contributed by atoms with E-state index >= 15 is 0 Å². The number of anilines is 1. The molecule has 3 amide bonds. The Morgan fingerprint density at radius 1 is 1.38 bits per heavy atom. The monoisotopic (exact) mass is 353 g/mol. The van der Waals surface area contributed by atoms with Crippen LogP contribution >= 0.6 is 7.95 Å². The van der Waals surface area contributed by atoms with Crippen molar-refractivity contribution >= 4 is 25.6 Å². The van der Waals surface area contributed by atoms with Gasteiger partial charge in [-0.25, -0.2) is 10.6 Å². The zero-order valence-corrected chi connectivity index (χ0v) is 14.7. The average molecular weight is 353 g/mol. The second kappa shape index (κ2) is 8.28. The van der Waals surface area contributed by atoms with Gasteiger partial charge in [0.05, 0.1) is 0 Å². The highest BCUT2D eigenvalue weighted by Crippen LogP contribution is 2.40. The van der Waals surface area contributed by atoms with E-state index in [4.69, 9.17) is 5.84 Å². The number of amides is 3. The number of piperidine rings is 1. The summed E-state index contributed by atoms with van der Waals surface area (Å²) in [5.41, 5.74) is 0.579. The Hall–Kier alpha value is -1.89. The minimum Gasteiger partial charge on any atom is -0.308 e. The van der Waals surface area contributed by atoms with Gasteiger partial charge in [-0.05, 0) is 37.9 Å². The summed E-state index contributed by atoms with van der Waals surface area (Å²) < 4.78 is 12.8. The average Bonchev–Trinajstić information content (AvgIpc) is 2.57. The highest BCUT2D eigenvalue weighted by Gasteiger charge is 2.48. The molecule has 1 unspecified atom stereocenters. The van der Waals surface area contributed by atoms with E-state index in [-0.39, 0.29) is 0 Å². The Labute approximate surface area is 142 Å². The van der Waals surface area contributed by atoms with Crippen molar-refractivity contribution in [2.24, 2.45) is 5.84 Å². The molecule has 0 bridgehead atoms. The van der Waals surface area contributed by atoms with Crippen LogP contribution in [0.3, 0.4) is 0 Å². The standard InChI is InChI=1S/C15H24N5O3P/c1-2-10-17-15(9-6-11-20(16)13(15)21)24(23)19-14(22)18-12-7-4-3-5-8-12/h3-5,7-8,17,24H,2,6,9-11,16H2,1H3,(H2,18,19,22,23)/t15-/m0/s1. The Bertz CT molecular complexity index is 612. The molecule has 0 saturated carbocycles. The molecule has 8 nitrogen and oxygen atoms in total. The van der Waals surface area contributed by atoms with E-state index in [1.807, 2.05) is 13.0 Å². The number of urea groups is 1. The Morgan fingerprint density at radius 3 is 2.75 bits per heavy atom. The smallest absolute Gasteiger partial charge is 0.308 e. The summed E-state index contributed by atoms with van der Waals surface area (Å²) in [5, 5.41) is 7.84. The first-order chi connectivity index (χ1) is 11.5. The molecule has 132 valence electrons. The molecule has 1 aliphatic rings. The predicted molar refractivity (Wildman–Crippen MR) is 93.8 cm³/mol. The normalized spacial score (nSPS) is 22.1. The summed E-state index contributed by atoms with van der Waals surface area (Å²) in [6, 6.07) is 8.21. The molecule has 1 aromatic rings. The van der Waals surface area contributed by atoms with Gasteiger partial charge in [0.25, 0.3) is 5.91 Å². The van der Waals surface area contributed by atoms with Crippen LogP contribution in [0.2, 0.25) is 0 Å². The number of carbonyl (C=O) groups excluding carboxylic acids is 2. The van der Waals surface area contributed by atoms with Crippen LogP contribution in [0.4, 0.5) is 10.5 Å².